The van der Waals surface area contributed by atoms with Gasteiger partial charge in [-0.05, 0) is 31.2 Å². The zero-order valence-electron chi connectivity index (χ0n) is 12.4. The molecule has 0 unspecified atom stereocenters. The molecule has 3 aromatic rings. The summed E-state index contributed by atoms with van der Waals surface area (Å²) in [5.74, 6) is -0.300. The first-order valence-electron chi connectivity index (χ1n) is 7.06. The molecule has 23 heavy (non-hydrogen) atoms. The number of nitrogens with one attached hydrogen (secondary N) is 1. The molecule has 2 aromatic carbocycles. The Kier molecular flexibility index (Phi) is 4.14. The first-order valence-corrected chi connectivity index (χ1v) is 7.06. The largest absolute Gasteiger partial charge is 0.343 e. The average molecular weight is 311 g/mol. The molecule has 116 valence electrons. The standard InChI is InChI=1S/C17H14FN3O2/c1-11-6-8-12(9-7-11)17(22)19-10-15-20-16(21-23-15)13-4-2-3-5-14(13)18/h2-9H,10H2,1H3,(H,19,22). The highest BCUT2D eigenvalue weighted by Crippen LogP contribution is 2.19. The van der Waals surface area contributed by atoms with Crippen LogP contribution in [-0.2, 0) is 6.54 Å². The molecule has 1 N–H and O–H groups in total. The van der Waals surface area contributed by atoms with Gasteiger partial charge in [0.15, 0.2) is 0 Å². The molecule has 1 heterocycles. The van der Waals surface area contributed by atoms with E-state index in [9.17, 15) is 9.18 Å². The van der Waals surface area contributed by atoms with Gasteiger partial charge in [0.05, 0.1) is 12.1 Å². The van der Waals surface area contributed by atoms with Gasteiger partial charge in [0.25, 0.3) is 5.91 Å². The summed E-state index contributed by atoms with van der Waals surface area (Å²) < 4.78 is 18.7. The number of nitrogens with zero attached hydrogens (tertiary/aromatic N) is 2. The Bertz CT molecular complexity index is 828. The van der Waals surface area contributed by atoms with Crippen LogP contribution in [0.3, 0.4) is 0 Å². The molecule has 3 rings (SSSR count). The fourth-order valence-electron chi connectivity index (χ4n) is 2.04. The Labute approximate surface area is 132 Å². The van der Waals surface area contributed by atoms with Crippen LogP contribution in [0.4, 0.5) is 4.39 Å². The monoisotopic (exact) mass is 311 g/mol. The second kappa shape index (κ2) is 6.39. The summed E-state index contributed by atoms with van der Waals surface area (Å²) in [6, 6.07) is 13.4. The third kappa shape index (κ3) is 3.42. The molecule has 0 bridgehead atoms. The number of aryl methyl sites for hydroxylation is 1. The minimum Gasteiger partial charge on any atom is -0.343 e. The molecule has 1 amide bonds. The van der Waals surface area contributed by atoms with E-state index in [0.717, 1.165) is 5.56 Å². The van der Waals surface area contributed by atoms with Crippen molar-refractivity contribution in [2.45, 2.75) is 13.5 Å². The topological polar surface area (TPSA) is 68.0 Å². The van der Waals surface area contributed by atoms with Gasteiger partial charge in [0.2, 0.25) is 11.7 Å². The van der Waals surface area contributed by atoms with Crippen LogP contribution < -0.4 is 5.32 Å². The predicted octanol–water partition coefficient (Wildman–Crippen LogP) is 3.11. The lowest BCUT2D eigenvalue weighted by Crippen LogP contribution is -2.22. The summed E-state index contributed by atoms with van der Waals surface area (Å²) in [6.07, 6.45) is 0. The highest BCUT2D eigenvalue weighted by molar-refractivity contribution is 5.94. The Balaban J connectivity index is 1.67. The van der Waals surface area contributed by atoms with Crippen molar-refractivity contribution >= 4 is 5.91 Å². The van der Waals surface area contributed by atoms with Crippen molar-refractivity contribution in [3.8, 4) is 11.4 Å². The number of hydrogen-bond acceptors (Lipinski definition) is 4. The third-order valence-corrected chi connectivity index (χ3v) is 3.30. The van der Waals surface area contributed by atoms with E-state index in [0.29, 0.717) is 5.56 Å². The van der Waals surface area contributed by atoms with E-state index in [-0.39, 0.29) is 29.7 Å². The number of benzene rings is 2. The Hall–Kier alpha value is -3.02. The number of carbonyl (C=O) groups excluding carboxylic acids is 1. The fourth-order valence-corrected chi connectivity index (χ4v) is 2.04. The minimum absolute atomic E-state index is 0.0775. The minimum atomic E-state index is -0.427. The maximum absolute atomic E-state index is 13.7. The highest BCUT2D eigenvalue weighted by atomic mass is 19.1. The van der Waals surface area contributed by atoms with Gasteiger partial charge < -0.3 is 9.84 Å². The molecule has 0 saturated heterocycles. The van der Waals surface area contributed by atoms with Crippen LogP contribution in [-0.4, -0.2) is 16.0 Å². The molecule has 5 nitrogen and oxygen atoms in total. The van der Waals surface area contributed by atoms with Gasteiger partial charge in [0.1, 0.15) is 5.82 Å². The Morgan fingerprint density at radius 2 is 1.91 bits per heavy atom. The van der Waals surface area contributed by atoms with Crippen molar-refractivity contribution in [2.75, 3.05) is 0 Å². The van der Waals surface area contributed by atoms with Gasteiger partial charge in [0, 0.05) is 5.56 Å². The Morgan fingerprint density at radius 1 is 1.17 bits per heavy atom. The number of halogens is 1. The van der Waals surface area contributed by atoms with E-state index in [2.05, 4.69) is 15.5 Å². The molecule has 0 atom stereocenters. The van der Waals surface area contributed by atoms with E-state index in [1.54, 1.807) is 30.3 Å². The summed E-state index contributed by atoms with van der Waals surface area (Å²) in [7, 11) is 0. The van der Waals surface area contributed by atoms with E-state index >= 15 is 0 Å². The van der Waals surface area contributed by atoms with E-state index in [1.165, 1.54) is 6.07 Å². The molecule has 0 aliphatic rings. The Morgan fingerprint density at radius 3 is 2.65 bits per heavy atom. The number of aromatic nitrogens is 2. The fraction of sp³-hybridized carbons (Fsp3) is 0.118. The average Bonchev–Trinajstić information content (AvgIpc) is 3.02. The highest BCUT2D eigenvalue weighted by Gasteiger charge is 2.13. The first-order chi connectivity index (χ1) is 11.1. The number of rotatable bonds is 4. The molecular weight excluding hydrogens is 297 g/mol. The maximum Gasteiger partial charge on any atom is 0.251 e. The molecule has 0 spiro atoms. The lowest BCUT2D eigenvalue weighted by molar-refractivity contribution is 0.0946. The van der Waals surface area contributed by atoms with E-state index in [1.807, 2.05) is 19.1 Å². The van der Waals surface area contributed by atoms with Gasteiger partial charge in [-0.15, -0.1) is 0 Å². The summed E-state index contributed by atoms with van der Waals surface area (Å²) in [5, 5.41) is 6.42. The van der Waals surface area contributed by atoms with Gasteiger partial charge in [-0.3, -0.25) is 4.79 Å². The summed E-state index contributed by atoms with van der Waals surface area (Å²) in [6.45, 7) is 2.03. The normalized spacial score (nSPS) is 10.5. The van der Waals surface area contributed by atoms with Crippen LogP contribution in [0.25, 0.3) is 11.4 Å². The lowest BCUT2D eigenvalue weighted by atomic mass is 10.1. The van der Waals surface area contributed by atoms with Crippen LogP contribution in [0, 0.1) is 12.7 Å². The molecule has 0 radical (unpaired) electrons. The van der Waals surface area contributed by atoms with Gasteiger partial charge in [-0.2, -0.15) is 4.98 Å². The van der Waals surface area contributed by atoms with Crippen molar-refractivity contribution in [2.24, 2.45) is 0 Å². The van der Waals surface area contributed by atoms with Crippen molar-refractivity contribution in [1.29, 1.82) is 0 Å². The second-order valence-electron chi connectivity index (χ2n) is 5.04. The van der Waals surface area contributed by atoms with Crippen molar-refractivity contribution in [3.05, 3.63) is 71.4 Å². The van der Waals surface area contributed by atoms with Crippen molar-refractivity contribution in [1.82, 2.24) is 15.5 Å². The van der Waals surface area contributed by atoms with Gasteiger partial charge >= 0.3 is 0 Å². The zero-order chi connectivity index (χ0) is 16.2. The third-order valence-electron chi connectivity index (χ3n) is 3.30. The SMILES string of the molecule is Cc1ccc(C(=O)NCc2nc(-c3ccccc3F)no2)cc1. The van der Waals surface area contributed by atoms with Gasteiger partial charge in [-0.1, -0.05) is 35.0 Å². The van der Waals surface area contributed by atoms with Crippen LogP contribution in [0.5, 0.6) is 0 Å². The lowest BCUT2D eigenvalue weighted by Gasteiger charge is -2.02. The summed E-state index contributed by atoms with van der Waals surface area (Å²) in [4.78, 5) is 16.1. The molecular formula is C17H14FN3O2. The summed E-state index contributed by atoms with van der Waals surface area (Å²) >= 11 is 0. The number of hydrogen-bond donors (Lipinski definition) is 1. The van der Waals surface area contributed by atoms with E-state index < -0.39 is 5.82 Å². The molecule has 0 aliphatic heterocycles. The van der Waals surface area contributed by atoms with Crippen molar-refractivity contribution < 1.29 is 13.7 Å². The second-order valence-corrected chi connectivity index (χ2v) is 5.04. The number of amides is 1. The molecule has 0 saturated carbocycles. The number of carbonyl (C=O) groups is 1. The van der Waals surface area contributed by atoms with Crippen molar-refractivity contribution in [3.63, 3.8) is 0 Å². The predicted molar refractivity (Wildman–Crippen MR) is 82.0 cm³/mol. The molecule has 6 heteroatoms. The van der Waals surface area contributed by atoms with Crippen LogP contribution in [0.1, 0.15) is 21.8 Å². The molecule has 0 fully saturated rings. The first kappa shape index (κ1) is 14.9. The summed E-state index contributed by atoms with van der Waals surface area (Å²) in [5.41, 5.74) is 1.88. The van der Waals surface area contributed by atoms with Crippen LogP contribution >= 0.6 is 0 Å². The molecule has 1 aromatic heterocycles. The van der Waals surface area contributed by atoms with E-state index in [4.69, 9.17) is 4.52 Å². The zero-order valence-corrected chi connectivity index (χ0v) is 12.4. The van der Waals surface area contributed by atoms with Crippen LogP contribution in [0.2, 0.25) is 0 Å². The smallest absolute Gasteiger partial charge is 0.251 e. The van der Waals surface area contributed by atoms with Crippen LogP contribution in [0.15, 0.2) is 53.1 Å². The maximum atomic E-state index is 13.7. The van der Waals surface area contributed by atoms with Gasteiger partial charge in [-0.25, -0.2) is 4.39 Å². The quantitative estimate of drug-likeness (QED) is 0.804. The molecule has 0 aliphatic carbocycles.